The number of aryl methyl sites for hydroxylation is 1. The Hall–Kier alpha value is -2.72. The van der Waals surface area contributed by atoms with E-state index in [-0.39, 0.29) is 11.9 Å². The van der Waals surface area contributed by atoms with Gasteiger partial charge in [0.1, 0.15) is 6.17 Å². The fraction of sp³-hybridized carbons (Fsp3) is 0.389. The smallest absolute Gasteiger partial charge is 0.251 e. The Kier molecular flexibility index (Phi) is 5.10. The quantitative estimate of drug-likeness (QED) is 0.897. The van der Waals surface area contributed by atoms with E-state index in [0.717, 1.165) is 5.69 Å². The summed E-state index contributed by atoms with van der Waals surface area (Å²) in [6, 6.07) is 10.4. The van der Waals surface area contributed by atoms with Gasteiger partial charge in [0, 0.05) is 44.5 Å². The average Bonchev–Trinajstić information content (AvgIpc) is 3.18. The first kappa shape index (κ1) is 17.1. The summed E-state index contributed by atoms with van der Waals surface area (Å²) < 4.78 is 15.7. The number of nitrogens with one attached hydrogen (secondary N) is 1. The molecule has 0 radical (unpaired) electrons. The van der Waals surface area contributed by atoms with Crippen molar-refractivity contribution >= 4 is 5.91 Å². The summed E-state index contributed by atoms with van der Waals surface area (Å²) >= 11 is 0. The molecule has 0 spiro atoms. The highest BCUT2D eigenvalue weighted by molar-refractivity contribution is 5.94. The van der Waals surface area contributed by atoms with Gasteiger partial charge in [-0.2, -0.15) is 10.4 Å². The second-order valence-electron chi connectivity index (χ2n) is 6.27. The minimum absolute atomic E-state index is 0.0620. The maximum Gasteiger partial charge on any atom is 0.251 e. The molecule has 0 aliphatic carbocycles. The topological polar surface area (TPSA) is 74.0 Å². The zero-order valence-corrected chi connectivity index (χ0v) is 14.0. The number of aromatic nitrogens is 2. The van der Waals surface area contributed by atoms with Crippen LogP contribution in [0.3, 0.4) is 0 Å². The molecule has 1 aromatic heterocycles. The van der Waals surface area contributed by atoms with E-state index in [1.54, 1.807) is 35.1 Å². The van der Waals surface area contributed by atoms with Gasteiger partial charge >= 0.3 is 0 Å². The lowest BCUT2D eigenvalue weighted by atomic mass is 10.1. The molecule has 25 heavy (non-hydrogen) atoms. The molecular formula is C18H20FN5O. The second kappa shape index (κ2) is 7.45. The van der Waals surface area contributed by atoms with Crippen molar-refractivity contribution in [1.29, 1.82) is 5.26 Å². The van der Waals surface area contributed by atoms with E-state index >= 15 is 0 Å². The van der Waals surface area contributed by atoms with Crippen molar-refractivity contribution in [1.82, 2.24) is 20.0 Å². The van der Waals surface area contributed by atoms with E-state index in [1.807, 2.05) is 24.1 Å². The maximum atomic E-state index is 13.9. The number of carbonyl (C=O) groups is 1. The first-order valence-corrected chi connectivity index (χ1v) is 8.20. The number of hydrogen-bond acceptors (Lipinski definition) is 4. The fourth-order valence-corrected chi connectivity index (χ4v) is 3.14. The third-order valence-electron chi connectivity index (χ3n) is 4.52. The number of benzene rings is 1. The lowest BCUT2D eigenvalue weighted by Crippen LogP contribution is -2.40. The molecule has 2 heterocycles. The molecule has 1 saturated heterocycles. The number of halogens is 1. The second-order valence-corrected chi connectivity index (χ2v) is 6.27. The van der Waals surface area contributed by atoms with Gasteiger partial charge in [-0.25, -0.2) is 4.39 Å². The van der Waals surface area contributed by atoms with Crippen LogP contribution >= 0.6 is 0 Å². The highest BCUT2D eigenvalue weighted by atomic mass is 19.1. The van der Waals surface area contributed by atoms with E-state index in [9.17, 15) is 9.18 Å². The first-order valence-electron chi connectivity index (χ1n) is 8.20. The van der Waals surface area contributed by atoms with Crippen molar-refractivity contribution in [3.63, 3.8) is 0 Å². The van der Waals surface area contributed by atoms with Crippen molar-refractivity contribution in [2.75, 3.05) is 13.1 Å². The van der Waals surface area contributed by atoms with E-state index in [4.69, 9.17) is 5.26 Å². The van der Waals surface area contributed by atoms with E-state index in [1.165, 1.54) is 0 Å². The summed E-state index contributed by atoms with van der Waals surface area (Å²) in [5, 5.41) is 15.9. The molecule has 1 amide bonds. The van der Waals surface area contributed by atoms with Crippen LogP contribution in [0, 0.1) is 11.3 Å². The summed E-state index contributed by atoms with van der Waals surface area (Å²) in [7, 11) is 1.86. The molecule has 1 fully saturated rings. The van der Waals surface area contributed by atoms with Crippen molar-refractivity contribution in [2.45, 2.75) is 25.2 Å². The third kappa shape index (κ3) is 4.03. The van der Waals surface area contributed by atoms with Gasteiger partial charge < -0.3 is 5.32 Å². The van der Waals surface area contributed by atoms with Crippen LogP contribution in [0.1, 0.15) is 28.0 Å². The predicted octanol–water partition coefficient (Wildman–Crippen LogP) is 1.63. The molecular weight excluding hydrogens is 321 g/mol. The number of rotatable bonds is 5. The standard InChI is InChI=1S/C18H20FN5O/c1-23-16(5-6-22-23)12-24-11-15(19)8-17(24)10-21-18(25)14-4-2-3-13(7-14)9-20/h2-7,15,17H,8,10-12H2,1H3,(H,21,25)/t15-,17-/m0/s1. The zero-order chi connectivity index (χ0) is 17.8. The van der Waals surface area contributed by atoms with Gasteiger partial charge in [0.25, 0.3) is 5.91 Å². The predicted molar refractivity (Wildman–Crippen MR) is 90.4 cm³/mol. The molecule has 2 atom stereocenters. The normalized spacial score (nSPS) is 20.4. The summed E-state index contributed by atoms with van der Waals surface area (Å²) in [5.41, 5.74) is 1.88. The van der Waals surface area contributed by atoms with Crippen molar-refractivity contribution in [3.8, 4) is 6.07 Å². The number of likely N-dealkylation sites (tertiary alicyclic amines) is 1. The fourth-order valence-electron chi connectivity index (χ4n) is 3.14. The largest absolute Gasteiger partial charge is 0.350 e. The lowest BCUT2D eigenvalue weighted by Gasteiger charge is -2.24. The van der Waals surface area contributed by atoms with Gasteiger partial charge in [0.15, 0.2) is 0 Å². The Balaban J connectivity index is 1.61. The number of hydrogen-bond donors (Lipinski definition) is 1. The molecule has 0 unspecified atom stereocenters. The highest BCUT2D eigenvalue weighted by Gasteiger charge is 2.32. The van der Waals surface area contributed by atoms with Gasteiger partial charge in [-0.15, -0.1) is 0 Å². The zero-order valence-electron chi connectivity index (χ0n) is 14.0. The minimum Gasteiger partial charge on any atom is -0.350 e. The lowest BCUT2D eigenvalue weighted by molar-refractivity contribution is 0.0939. The minimum atomic E-state index is -0.892. The van der Waals surface area contributed by atoms with E-state index < -0.39 is 6.17 Å². The maximum absolute atomic E-state index is 13.9. The van der Waals surface area contributed by atoms with Gasteiger partial charge in [-0.3, -0.25) is 14.4 Å². The molecule has 0 saturated carbocycles. The van der Waals surface area contributed by atoms with Gasteiger partial charge in [0.2, 0.25) is 0 Å². The molecule has 1 aromatic carbocycles. The number of amides is 1. The molecule has 7 heteroatoms. The SMILES string of the molecule is Cn1nccc1CN1C[C@@H](F)C[C@H]1CNC(=O)c1cccc(C#N)c1. The Morgan fingerprint density at radius 3 is 3.04 bits per heavy atom. The number of nitrogens with zero attached hydrogens (tertiary/aromatic N) is 4. The third-order valence-corrected chi connectivity index (χ3v) is 4.52. The van der Waals surface area contributed by atoms with E-state index in [0.29, 0.717) is 37.2 Å². The van der Waals surface area contributed by atoms with Crippen molar-refractivity contribution < 1.29 is 9.18 Å². The molecule has 0 bridgehead atoms. The Labute approximate surface area is 145 Å². The number of carbonyl (C=O) groups excluding carboxylic acids is 1. The average molecular weight is 341 g/mol. The summed E-state index contributed by atoms with van der Waals surface area (Å²) in [4.78, 5) is 14.3. The van der Waals surface area contributed by atoms with Gasteiger partial charge in [0.05, 0.1) is 17.3 Å². The van der Waals surface area contributed by atoms with Crippen LogP contribution in [0.2, 0.25) is 0 Å². The van der Waals surface area contributed by atoms with Crippen LogP contribution in [-0.2, 0) is 13.6 Å². The molecule has 1 N–H and O–H groups in total. The Morgan fingerprint density at radius 2 is 2.32 bits per heavy atom. The molecule has 3 rings (SSSR count). The number of nitriles is 1. The van der Waals surface area contributed by atoms with Crippen LogP contribution in [0.4, 0.5) is 4.39 Å². The highest BCUT2D eigenvalue weighted by Crippen LogP contribution is 2.22. The van der Waals surface area contributed by atoms with Gasteiger partial charge in [-0.1, -0.05) is 6.07 Å². The molecule has 130 valence electrons. The van der Waals surface area contributed by atoms with Gasteiger partial charge in [-0.05, 0) is 30.7 Å². The Morgan fingerprint density at radius 1 is 1.48 bits per heavy atom. The van der Waals surface area contributed by atoms with Crippen LogP contribution in [0.25, 0.3) is 0 Å². The van der Waals surface area contributed by atoms with Crippen molar-refractivity contribution in [2.24, 2.45) is 7.05 Å². The molecule has 2 aromatic rings. The van der Waals surface area contributed by atoms with Crippen LogP contribution in [0.5, 0.6) is 0 Å². The summed E-state index contributed by atoms with van der Waals surface area (Å²) in [6.45, 7) is 1.32. The Bertz CT molecular complexity index is 797. The van der Waals surface area contributed by atoms with E-state index in [2.05, 4.69) is 10.4 Å². The molecule has 1 aliphatic heterocycles. The number of alkyl halides is 1. The van der Waals surface area contributed by atoms with Crippen LogP contribution in [0.15, 0.2) is 36.5 Å². The van der Waals surface area contributed by atoms with Crippen LogP contribution < -0.4 is 5.32 Å². The summed E-state index contributed by atoms with van der Waals surface area (Å²) in [5.74, 6) is -0.250. The van der Waals surface area contributed by atoms with Crippen LogP contribution in [-0.4, -0.2) is 45.9 Å². The molecule has 6 nitrogen and oxygen atoms in total. The first-order chi connectivity index (χ1) is 12.1. The molecule has 1 aliphatic rings. The monoisotopic (exact) mass is 341 g/mol. The summed E-state index contributed by atoms with van der Waals surface area (Å²) in [6.07, 6.45) is 1.23. The van der Waals surface area contributed by atoms with Crippen molar-refractivity contribution in [3.05, 3.63) is 53.3 Å².